The lowest BCUT2D eigenvalue weighted by Crippen LogP contribution is -2.46. The van der Waals surface area contributed by atoms with E-state index in [0.29, 0.717) is 12.1 Å². The topological polar surface area (TPSA) is 49.6 Å². The lowest BCUT2D eigenvalue weighted by Gasteiger charge is -2.29. The molecule has 1 heterocycles. The van der Waals surface area contributed by atoms with Crippen LogP contribution in [0.3, 0.4) is 0 Å². The highest BCUT2D eigenvalue weighted by molar-refractivity contribution is 5.79. The van der Waals surface area contributed by atoms with E-state index in [9.17, 15) is 4.79 Å². The molecular weight excluding hydrogens is 250 g/mol. The van der Waals surface area contributed by atoms with E-state index in [0.717, 1.165) is 38.9 Å². The van der Waals surface area contributed by atoms with Gasteiger partial charge in [0.15, 0.2) is 0 Å². The number of hydrogen-bond acceptors (Lipinski definition) is 3. The largest absolute Gasteiger partial charge is 0.334 e. The average molecular weight is 273 g/mol. The Morgan fingerprint density at radius 2 is 1.95 bits per heavy atom. The summed E-state index contributed by atoms with van der Waals surface area (Å²) in [5.41, 5.74) is 6.90. The van der Waals surface area contributed by atoms with Crippen molar-refractivity contribution in [3.8, 4) is 0 Å². The van der Waals surface area contributed by atoms with Gasteiger partial charge in [0.25, 0.3) is 0 Å². The molecule has 1 atom stereocenters. The van der Waals surface area contributed by atoms with Crippen LogP contribution in [0.2, 0.25) is 0 Å². The quantitative estimate of drug-likeness (QED) is 0.877. The number of carbonyl (C=O) groups excluding carboxylic acids is 1. The van der Waals surface area contributed by atoms with Crippen molar-refractivity contribution >= 4 is 5.91 Å². The molecule has 4 heteroatoms. The van der Waals surface area contributed by atoms with Crippen molar-refractivity contribution in [3.05, 3.63) is 35.9 Å². The lowest BCUT2D eigenvalue weighted by molar-refractivity contribution is -0.132. The zero-order valence-electron chi connectivity index (χ0n) is 11.9. The van der Waals surface area contributed by atoms with E-state index in [1.807, 2.05) is 6.07 Å². The Morgan fingerprint density at radius 1 is 1.20 bits per heavy atom. The Balaban J connectivity index is 1.59. The van der Waals surface area contributed by atoms with Crippen LogP contribution in [-0.2, 0) is 11.3 Å². The normalized spacial score (nSPS) is 22.9. The van der Waals surface area contributed by atoms with Crippen LogP contribution >= 0.6 is 0 Å². The van der Waals surface area contributed by atoms with E-state index in [-0.39, 0.29) is 12.5 Å². The summed E-state index contributed by atoms with van der Waals surface area (Å²) >= 11 is 0. The number of carbonyl (C=O) groups is 1. The van der Waals surface area contributed by atoms with Gasteiger partial charge in [-0.05, 0) is 24.8 Å². The molecule has 1 aromatic rings. The van der Waals surface area contributed by atoms with Gasteiger partial charge in [-0.15, -0.1) is 0 Å². The molecule has 0 radical (unpaired) electrons. The molecule has 1 aliphatic heterocycles. The maximum atomic E-state index is 12.0. The molecule has 2 aliphatic rings. The van der Waals surface area contributed by atoms with E-state index >= 15 is 0 Å². The van der Waals surface area contributed by atoms with Gasteiger partial charge in [0.05, 0.1) is 6.54 Å². The maximum absolute atomic E-state index is 12.0. The maximum Gasteiger partial charge on any atom is 0.236 e. The summed E-state index contributed by atoms with van der Waals surface area (Å²) in [4.78, 5) is 16.5. The van der Waals surface area contributed by atoms with Gasteiger partial charge in [0, 0.05) is 31.7 Å². The van der Waals surface area contributed by atoms with Gasteiger partial charge in [-0.25, -0.2) is 0 Å². The predicted molar refractivity (Wildman–Crippen MR) is 79.0 cm³/mol. The van der Waals surface area contributed by atoms with Gasteiger partial charge >= 0.3 is 0 Å². The van der Waals surface area contributed by atoms with Gasteiger partial charge in [-0.2, -0.15) is 0 Å². The van der Waals surface area contributed by atoms with E-state index < -0.39 is 0 Å². The van der Waals surface area contributed by atoms with Crippen LogP contribution in [-0.4, -0.2) is 47.4 Å². The van der Waals surface area contributed by atoms with Crippen LogP contribution in [0.1, 0.15) is 24.8 Å². The molecule has 0 spiro atoms. The summed E-state index contributed by atoms with van der Waals surface area (Å²) in [5, 5.41) is 0. The molecule has 4 nitrogen and oxygen atoms in total. The molecule has 0 unspecified atom stereocenters. The Bertz CT molecular complexity index is 458. The van der Waals surface area contributed by atoms with Crippen molar-refractivity contribution < 1.29 is 4.79 Å². The second kappa shape index (κ2) is 5.94. The number of nitrogens with zero attached hydrogens (tertiary/aromatic N) is 2. The number of amides is 1. The Morgan fingerprint density at radius 3 is 2.60 bits per heavy atom. The zero-order valence-corrected chi connectivity index (χ0v) is 11.9. The minimum atomic E-state index is 0.124. The molecule has 20 heavy (non-hydrogen) atoms. The smallest absolute Gasteiger partial charge is 0.236 e. The average Bonchev–Trinajstić information content (AvgIpc) is 3.20. The molecule has 2 N–H and O–H groups in total. The highest BCUT2D eigenvalue weighted by atomic mass is 16.2. The van der Waals surface area contributed by atoms with Gasteiger partial charge in [0.1, 0.15) is 0 Å². The minimum Gasteiger partial charge on any atom is -0.334 e. The van der Waals surface area contributed by atoms with Crippen molar-refractivity contribution in [3.63, 3.8) is 0 Å². The van der Waals surface area contributed by atoms with Crippen molar-refractivity contribution in [1.82, 2.24) is 9.80 Å². The third kappa shape index (κ3) is 3.02. The van der Waals surface area contributed by atoms with Gasteiger partial charge in [0.2, 0.25) is 5.91 Å². The molecule has 3 rings (SSSR count). The van der Waals surface area contributed by atoms with Crippen molar-refractivity contribution in [2.75, 3.05) is 19.6 Å². The highest BCUT2D eigenvalue weighted by Crippen LogP contribution is 2.31. The second-order valence-corrected chi connectivity index (χ2v) is 5.90. The summed E-state index contributed by atoms with van der Waals surface area (Å²) in [6, 6.07) is 11.4. The molecule has 1 saturated heterocycles. The molecule has 1 saturated carbocycles. The molecule has 1 aromatic carbocycles. The molecular formula is C16H23N3O. The van der Waals surface area contributed by atoms with Crippen LogP contribution in [0.15, 0.2) is 30.3 Å². The van der Waals surface area contributed by atoms with E-state index in [4.69, 9.17) is 5.73 Å². The van der Waals surface area contributed by atoms with Gasteiger partial charge in [-0.1, -0.05) is 30.3 Å². The summed E-state index contributed by atoms with van der Waals surface area (Å²) in [6.07, 6.45) is 3.39. The number of rotatable bonds is 5. The third-order valence-corrected chi connectivity index (χ3v) is 4.29. The Kier molecular flexibility index (Phi) is 4.03. The number of likely N-dealkylation sites (tertiary alicyclic amines) is 1. The summed E-state index contributed by atoms with van der Waals surface area (Å²) < 4.78 is 0. The fraction of sp³-hybridized carbons (Fsp3) is 0.562. The summed E-state index contributed by atoms with van der Waals surface area (Å²) in [6.45, 7) is 3.18. The standard InChI is InChI=1S/C16H23N3O/c17-10-16(20)19(14-6-7-14)15-8-9-18(12-15)11-13-4-2-1-3-5-13/h1-5,14-15H,6-12,17H2/t15-/m1/s1. The van der Waals surface area contributed by atoms with Crippen LogP contribution in [0, 0.1) is 0 Å². The Hall–Kier alpha value is -1.39. The van der Waals surface area contributed by atoms with Crippen LogP contribution in [0.4, 0.5) is 0 Å². The first-order valence-electron chi connectivity index (χ1n) is 7.55. The predicted octanol–water partition coefficient (Wildman–Crippen LogP) is 1.21. The molecule has 108 valence electrons. The monoisotopic (exact) mass is 273 g/mol. The van der Waals surface area contributed by atoms with Gasteiger partial charge < -0.3 is 10.6 Å². The van der Waals surface area contributed by atoms with Crippen molar-refractivity contribution in [2.45, 2.75) is 37.9 Å². The molecule has 2 fully saturated rings. The first kappa shape index (κ1) is 13.6. The first-order chi connectivity index (χ1) is 9.78. The number of nitrogens with two attached hydrogens (primary N) is 1. The minimum absolute atomic E-state index is 0.124. The van der Waals surface area contributed by atoms with E-state index in [1.165, 1.54) is 5.56 Å². The zero-order chi connectivity index (χ0) is 13.9. The third-order valence-electron chi connectivity index (χ3n) is 4.29. The van der Waals surface area contributed by atoms with Crippen molar-refractivity contribution in [1.29, 1.82) is 0 Å². The van der Waals surface area contributed by atoms with Crippen LogP contribution in [0.25, 0.3) is 0 Å². The highest BCUT2D eigenvalue weighted by Gasteiger charge is 2.39. The summed E-state index contributed by atoms with van der Waals surface area (Å²) in [7, 11) is 0. The lowest BCUT2D eigenvalue weighted by atomic mass is 10.2. The first-order valence-corrected chi connectivity index (χ1v) is 7.55. The van der Waals surface area contributed by atoms with Crippen LogP contribution < -0.4 is 5.73 Å². The number of hydrogen-bond donors (Lipinski definition) is 1. The van der Waals surface area contributed by atoms with Gasteiger partial charge in [-0.3, -0.25) is 9.69 Å². The molecule has 0 aromatic heterocycles. The summed E-state index contributed by atoms with van der Waals surface area (Å²) in [5.74, 6) is 0.124. The fourth-order valence-corrected chi connectivity index (χ4v) is 3.19. The second-order valence-electron chi connectivity index (χ2n) is 5.90. The molecule has 1 aliphatic carbocycles. The molecule has 0 bridgehead atoms. The van der Waals surface area contributed by atoms with Crippen LogP contribution in [0.5, 0.6) is 0 Å². The fourth-order valence-electron chi connectivity index (χ4n) is 3.19. The van der Waals surface area contributed by atoms with E-state index in [1.54, 1.807) is 0 Å². The van der Waals surface area contributed by atoms with E-state index in [2.05, 4.69) is 34.1 Å². The number of benzene rings is 1. The van der Waals surface area contributed by atoms with Crippen molar-refractivity contribution in [2.24, 2.45) is 5.73 Å². The Labute approximate surface area is 120 Å². The molecule has 1 amide bonds. The SMILES string of the molecule is NCC(=O)N(C1CC1)[C@@H]1CCN(Cc2ccccc2)C1.